The summed E-state index contributed by atoms with van der Waals surface area (Å²) in [6, 6.07) is 17.4. The normalized spacial score (nSPS) is 11.5. The minimum absolute atomic E-state index is 0.0728. The van der Waals surface area contributed by atoms with E-state index in [4.69, 9.17) is 4.98 Å². The molecule has 2 heteroatoms. The third-order valence-corrected chi connectivity index (χ3v) is 5.81. The third kappa shape index (κ3) is 7.32. The molecule has 1 aromatic heterocycles. The highest BCUT2D eigenvalue weighted by Gasteiger charge is 2.25. The third-order valence-electron chi connectivity index (χ3n) is 5.81. The van der Waals surface area contributed by atoms with Gasteiger partial charge in [-0.3, -0.25) is 0 Å². The fourth-order valence-corrected chi connectivity index (χ4v) is 3.68. The molecule has 0 bridgehead atoms. The fourth-order valence-electron chi connectivity index (χ4n) is 3.68. The lowest BCUT2D eigenvalue weighted by Gasteiger charge is -2.27. The van der Waals surface area contributed by atoms with Gasteiger partial charge >= 0.3 is 0 Å². The molecule has 0 aliphatic rings. The summed E-state index contributed by atoms with van der Waals surface area (Å²) in [5, 5.41) is 0. The lowest BCUT2D eigenvalue weighted by Crippen LogP contribution is -2.17. The summed E-state index contributed by atoms with van der Waals surface area (Å²) in [6.45, 7) is 19.2. The van der Waals surface area contributed by atoms with Crippen LogP contribution in [0.4, 0.5) is 0 Å². The number of hydrogen-bond acceptors (Lipinski definition) is 1. The number of aryl methyl sites for hydroxylation is 1. The lowest BCUT2D eigenvalue weighted by molar-refractivity contribution is 0.507. The molecule has 0 amide bonds. The van der Waals surface area contributed by atoms with Crippen molar-refractivity contribution in [2.75, 3.05) is 0 Å². The molecule has 34 heavy (non-hydrogen) atoms. The minimum atomic E-state index is 0.0728. The first kappa shape index (κ1) is 29.2. The number of nitrogens with zero attached hydrogens (tertiary/aromatic N) is 2. The molecule has 2 aromatic carbocycles. The summed E-state index contributed by atoms with van der Waals surface area (Å²) >= 11 is 0. The molecule has 0 atom stereocenters. The smallest absolute Gasteiger partial charge is 0.140 e. The molecular weight excluding hydrogens is 412 g/mol. The number of hydrogen-bond donors (Lipinski definition) is 0. The maximum absolute atomic E-state index is 5.06. The van der Waals surface area contributed by atoms with Gasteiger partial charge in [0, 0.05) is 18.8 Å². The Morgan fingerprint density at radius 2 is 1.56 bits per heavy atom. The zero-order chi connectivity index (χ0) is 25.7. The molecule has 0 radical (unpaired) electrons. The quantitative estimate of drug-likeness (QED) is 0.336. The van der Waals surface area contributed by atoms with Gasteiger partial charge in [-0.15, -0.1) is 0 Å². The summed E-state index contributed by atoms with van der Waals surface area (Å²) in [4.78, 5) is 5.06. The van der Waals surface area contributed by atoms with Crippen molar-refractivity contribution in [2.24, 2.45) is 7.05 Å². The van der Waals surface area contributed by atoms with Crippen molar-refractivity contribution < 1.29 is 0 Å². The standard InChI is InChI=1S/C27H32N2.C3H8.C2H6/c1-7-13-20(8-2)25-19-29(6)26(28-25)23-18-22(21-14-11-10-12-15-21)16-17-24(23)27(4,5)9-3;1-3-2;1-2/h7-8,10-19H,9H2,1-6H3;3H2,1-2H3;1-2H3/b13-7-,20-8+;;. The molecule has 0 saturated heterocycles. The Bertz CT molecular complexity index is 1050. The van der Waals surface area contributed by atoms with Gasteiger partial charge in [0.25, 0.3) is 0 Å². The average Bonchev–Trinajstić information content (AvgIpc) is 3.25. The van der Waals surface area contributed by atoms with E-state index in [2.05, 4.69) is 126 Å². The van der Waals surface area contributed by atoms with Gasteiger partial charge in [-0.25, -0.2) is 4.98 Å². The topological polar surface area (TPSA) is 17.8 Å². The second-order valence-electron chi connectivity index (χ2n) is 8.88. The van der Waals surface area contributed by atoms with Crippen molar-refractivity contribution in [1.82, 2.24) is 9.55 Å². The molecule has 3 rings (SSSR count). The van der Waals surface area contributed by atoms with E-state index in [1.807, 2.05) is 20.8 Å². The van der Waals surface area contributed by atoms with Crippen molar-refractivity contribution in [3.63, 3.8) is 0 Å². The van der Waals surface area contributed by atoms with Gasteiger partial charge < -0.3 is 4.57 Å². The van der Waals surface area contributed by atoms with E-state index in [0.717, 1.165) is 23.5 Å². The van der Waals surface area contributed by atoms with Crippen molar-refractivity contribution in [1.29, 1.82) is 0 Å². The molecule has 0 spiro atoms. The first-order valence-corrected chi connectivity index (χ1v) is 12.9. The van der Waals surface area contributed by atoms with Crippen molar-refractivity contribution >= 4 is 5.57 Å². The first-order valence-electron chi connectivity index (χ1n) is 12.9. The maximum atomic E-state index is 5.06. The Labute approximate surface area is 209 Å². The molecule has 0 aliphatic carbocycles. The maximum Gasteiger partial charge on any atom is 0.140 e. The number of aromatic nitrogens is 2. The van der Waals surface area contributed by atoms with Crippen molar-refractivity contribution in [3.05, 3.63) is 84.2 Å². The van der Waals surface area contributed by atoms with Crippen LogP contribution in [0.3, 0.4) is 0 Å². The van der Waals surface area contributed by atoms with Crippen LogP contribution in [-0.2, 0) is 12.5 Å². The summed E-state index contributed by atoms with van der Waals surface area (Å²) in [5.74, 6) is 1.01. The van der Waals surface area contributed by atoms with E-state index in [-0.39, 0.29) is 5.41 Å². The molecule has 3 aromatic rings. The monoisotopic (exact) mass is 458 g/mol. The van der Waals surface area contributed by atoms with Crippen LogP contribution in [0.2, 0.25) is 0 Å². The molecule has 2 nitrogen and oxygen atoms in total. The molecule has 0 aliphatic heterocycles. The fraction of sp³-hybridized carbons (Fsp3) is 0.406. The van der Waals surface area contributed by atoms with Crippen LogP contribution in [0.5, 0.6) is 0 Å². The van der Waals surface area contributed by atoms with Crippen LogP contribution in [-0.4, -0.2) is 9.55 Å². The minimum Gasteiger partial charge on any atom is -0.333 e. The van der Waals surface area contributed by atoms with Crippen LogP contribution in [0.1, 0.15) is 86.4 Å². The second kappa shape index (κ2) is 14.4. The van der Waals surface area contributed by atoms with E-state index < -0.39 is 0 Å². The lowest BCUT2D eigenvalue weighted by atomic mass is 9.78. The zero-order valence-corrected chi connectivity index (χ0v) is 23.2. The molecule has 0 N–H and O–H groups in total. The first-order chi connectivity index (χ1) is 16.3. The predicted molar refractivity (Wildman–Crippen MR) is 153 cm³/mol. The van der Waals surface area contributed by atoms with E-state index >= 15 is 0 Å². The number of allylic oxidation sites excluding steroid dienone is 4. The van der Waals surface area contributed by atoms with Crippen LogP contribution >= 0.6 is 0 Å². The molecule has 0 unspecified atom stereocenters. The second-order valence-corrected chi connectivity index (χ2v) is 8.88. The summed E-state index contributed by atoms with van der Waals surface area (Å²) in [7, 11) is 2.09. The Hall–Kier alpha value is -2.87. The summed E-state index contributed by atoms with van der Waals surface area (Å²) in [6.07, 6.45) is 10.7. The molecule has 0 fully saturated rings. The SMILES string of the molecule is C/C=C\C(=C/C)c1cn(C)c(-c2cc(-c3ccccc3)ccc2C(C)(C)CC)n1.CC.CCC. The highest BCUT2D eigenvalue weighted by Crippen LogP contribution is 2.38. The van der Waals surface area contributed by atoms with Gasteiger partial charge in [0.2, 0.25) is 0 Å². The molecule has 0 saturated carbocycles. The largest absolute Gasteiger partial charge is 0.333 e. The Balaban J connectivity index is 0.00000107. The molecule has 1 heterocycles. The van der Waals surface area contributed by atoms with Crippen LogP contribution in [0.25, 0.3) is 28.1 Å². The highest BCUT2D eigenvalue weighted by molar-refractivity contribution is 5.77. The number of benzene rings is 2. The van der Waals surface area contributed by atoms with Crippen molar-refractivity contribution in [2.45, 2.75) is 80.6 Å². The van der Waals surface area contributed by atoms with Crippen LogP contribution < -0.4 is 0 Å². The van der Waals surface area contributed by atoms with Crippen LogP contribution in [0, 0.1) is 0 Å². The van der Waals surface area contributed by atoms with E-state index in [0.29, 0.717) is 0 Å². The summed E-state index contributed by atoms with van der Waals surface area (Å²) in [5.41, 5.74) is 7.23. The summed E-state index contributed by atoms with van der Waals surface area (Å²) < 4.78 is 2.15. The molecular formula is C32H46N2. The average molecular weight is 459 g/mol. The highest BCUT2D eigenvalue weighted by atomic mass is 15.0. The van der Waals surface area contributed by atoms with Gasteiger partial charge in [-0.1, -0.05) is 116 Å². The Morgan fingerprint density at radius 3 is 2.09 bits per heavy atom. The van der Waals surface area contributed by atoms with Crippen LogP contribution in [0.15, 0.2) is 73.0 Å². The van der Waals surface area contributed by atoms with Gasteiger partial charge in [0.1, 0.15) is 5.82 Å². The number of rotatable bonds is 6. The Kier molecular flexibility index (Phi) is 12.4. The Morgan fingerprint density at radius 1 is 0.941 bits per heavy atom. The van der Waals surface area contributed by atoms with Gasteiger partial charge in [0.15, 0.2) is 0 Å². The molecule has 184 valence electrons. The van der Waals surface area contributed by atoms with E-state index in [1.165, 1.54) is 28.7 Å². The van der Waals surface area contributed by atoms with Gasteiger partial charge in [-0.2, -0.15) is 0 Å². The van der Waals surface area contributed by atoms with E-state index in [9.17, 15) is 0 Å². The number of imidazole rings is 1. The van der Waals surface area contributed by atoms with Gasteiger partial charge in [-0.05, 0) is 54.0 Å². The van der Waals surface area contributed by atoms with E-state index in [1.54, 1.807) is 0 Å². The van der Waals surface area contributed by atoms with Crippen molar-refractivity contribution in [3.8, 4) is 22.5 Å². The zero-order valence-electron chi connectivity index (χ0n) is 23.2. The van der Waals surface area contributed by atoms with Gasteiger partial charge in [0.05, 0.1) is 5.69 Å². The predicted octanol–water partition coefficient (Wildman–Crippen LogP) is 9.86.